The van der Waals surface area contributed by atoms with Gasteiger partial charge in [-0.25, -0.2) is 4.79 Å². The minimum atomic E-state index is -1.28. The van der Waals surface area contributed by atoms with Crippen LogP contribution in [0.3, 0.4) is 0 Å². The van der Waals surface area contributed by atoms with E-state index in [1.165, 1.54) is 31.4 Å². The van der Waals surface area contributed by atoms with Gasteiger partial charge in [-0.15, -0.1) is 0 Å². The second kappa shape index (κ2) is 5.26. The molecule has 0 bridgehead atoms. The number of rotatable bonds is 5. The Kier molecular flexibility index (Phi) is 3.69. The van der Waals surface area contributed by atoms with Crippen molar-refractivity contribution in [1.29, 1.82) is 0 Å². The fourth-order valence-corrected chi connectivity index (χ4v) is 2.26. The third-order valence-corrected chi connectivity index (χ3v) is 3.61. The van der Waals surface area contributed by atoms with E-state index in [2.05, 4.69) is 0 Å². The molecule has 0 amide bonds. The lowest BCUT2D eigenvalue weighted by Gasteiger charge is -2.31. The lowest BCUT2D eigenvalue weighted by Crippen LogP contribution is -2.29. The van der Waals surface area contributed by atoms with E-state index in [4.69, 9.17) is 5.11 Å². The number of anilines is 1. The average Bonchev–Trinajstić information content (AvgIpc) is 2.32. The smallest absolute Gasteiger partial charge is 0.342 e. The van der Waals surface area contributed by atoms with Gasteiger partial charge in [-0.3, -0.25) is 10.1 Å². The highest BCUT2D eigenvalue weighted by Gasteiger charge is 2.23. The molecule has 1 N–H and O–H groups in total. The highest BCUT2D eigenvalue weighted by molar-refractivity contribution is 5.93. The lowest BCUT2D eigenvalue weighted by molar-refractivity contribution is -0.385. The molecular formula is C13H16N2O4. The molecule has 6 heteroatoms. The molecule has 2 rings (SSSR count). The Bertz CT molecular complexity index is 511. The summed E-state index contributed by atoms with van der Waals surface area (Å²) in [6.45, 7) is 0.851. The topological polar surface area (TPSA) is 83.7 Å². The highest BCUT2D eigenvalue weighted by atomic mass is 16.6. The first-order chi connectivity index (χ1) is 8.99. The van der Waals surface area contributed by atoms with Gasteiger partial charge in [-0.1, -0.05) is 6.42 Å². The normalized spacial score (nSPS) is 14.8. The minimum Gasteiger partial charge on any atom is -0.477 e. The van der Waals surface area contributed by atoms with E-state index < -0.39 is 10.9 Å². The van der Waals surface area contributed by atoms with E-state index in [9.17, 15) is 14.9 Å². The number of nitrogens with zero attached hydrogens (tertiary/aromatic N) is 2. The zero-order chi connectivity index (χ0) is 14.0. The molecule has 0 spiro atoms. The minimum absolute atomic E-state index is 0.272. The average molecular weight is 264 g/mol. The van der Waals surface area contributed by atoms with E-state index in [-0.39, 0.29) is 11.3 Å². The molecule has 19 heavy (non-hydrogen) atoms. The van der Waals surface area contributed by atoms with Crippen molar-refractivity contribution in [1.82, 2.24) is 0 Å². The number of carboxylic acid groups (broad SMARTS) is 1. The van der Waals surface area contributed by atoms with Crippen LogP contribution >= 0.6 is 0 Å². The first-order valence-corrected chi connectivity index (χ1v) is 6.22. The van der Waals surface area contributed by atoms with Crippen molar-refractivity contribution in [2.45, 2.75) is 19.3 Å². The van der Waals surface area contributed by atoms with Crippen molar-refractivity contribution < 1.29 is 14.8 Å². The molecule has 6 nitrogen and oxygen atoms in total. The summed E-state index contributed by atoms with van der Waals surface area (Å²) >= 11 is 0. The van der Waals surface area contributed by atoms with Crippen LogP contribution < -0.4 is 4.90 Å². The summed E-state index contributed by atoms with van der Waals surface area (Å²) in [6, 6.07) is 4.25. The quantitative estimate of drug-likeness (QED) is 0.652. The van der Waals surface area contributed by atoms with Crippen LogP contribution in [0, 0.1) is 16.0 Å². The number of carbonyl (C=O) groups is 1. The molecule has 1 aliphatic rings. The fourth-order valence-electron chi connectivity index (χ4n) is 2.26. The Balaban J connectivity index is 2.23. The van der Waals surface area contributed by atoms with Gasteiger partial charge in [-0.2, -0.15) is 0 Å². The molecule has 0 radical (unpaired) electrons. The first-order valence-electron chi connectivity index (χ1n) is 6.22. The summed E-state index contributed by atoms with van der Waals surface area (Å²) in [7, 11) is 1.87. The molecule has 0 heterocycles. The summed E-state index contributed by atoms with van der Waals surface area (Å²) in [4.78, 5) is 23.1. The predicted molar refractivity (Wildman–Crippen MR) is 70.7 cm³/mol. The van der Waals surface area contributed by atoms with E-state index in [0.29, 0.717) is 11.6 Å². The summed E-state index contributed by atoms with van der Waals surface area (Å²) in [6.07, 6.45) is 3.63. The molecule has 0 aliphatic heterocycles. The SMILES string of the molecule is CN(CC1CCC1)c1ccc(C(=O)O)c([N+](=O)[O-])c1. The van der Waals surface area contributed by atoms with Crippen molar-refractivity contribution in [3.63, 3.8) is 0 Å². The van der Waals surface area contributed by atoms with E-state index in [1.54, 1.807) is 6.07 Å². The van der Waals surface area contributed by atoms with E-state index >= 15 is 0 Å². The number of nitro groups is 1. The molecule has 1 aliphatic carbocycles. The monoisotopic (exact) mass is 264 g/mol. The molecule has 1 aromatic carbocycles. The van der Waals surface area contributed by atoms with Gasteiger partial charge < -0.3 is 10.0 Å². The van der Waals surface area contributed by atoms with Gasteiger partial charge in [0.2, 0.25) is 0 Å². The largest absolute Gasteiger partial charge is 0.477 e. The van der Waals surface area contributed by atoms with Gasteiger partial charge in [0.15, 0.2) is 0 Å². The van der Waals surface area contributed by atoms with Crippen molar-refractivity contribution >= 4 is 17.3 Å². The van der Waals surface area contributed by atoms with Gasteiger partial charge in [0, 0.05) is 25.3 Å². The van der Waals surface area contributed by atoms with Crippen LogP contribution in [-0.4, -0.2) is 29.6 Å². The molecule has 0 saturated heterocycles. The Morgan fingerprint density at radius 3 is 2.68 bits per heavy atom. The maximum absolute atomic E-state index is 10.9. The Morgan fingerprint density at radius 2 is 2.21 bits per heavy atom. The number of carboxylic acids is 1. The van der Waals surface area contributed by atoms with Crippen LogP contribution in [0.4, 0.5) is 11.4 Å². The van der Waals surface area contributed by atoms with Crippen molar-refractivity contribution in [2.24, 2.45) is 5.92 Å². The number of hydrogen-bond acceptors (Lipinski definition) is 4. The third kappa shape index (κ3) is 2.83. The van der Waals surface area contributed by atoms with E-state index in [1.807, 2.05) is 11.9 Å². The maximum atomic E-state index is 10.9. The first kappa shape index (κ1) is 13.3. The van der Waals surface area contributed by atoms with Crippen LogP contribution in [0.15, 0.2) is 18.2 Å². The highest BCUT2D eigenvalue weighted by Crippen LogP contribution is 2.30. The summed E-state index contributed by atoms with van der Waals surface area (Å²) in [5.74, 6) is -0.636. The van der Waals surface area contributed by atoms with Crippen molar-refractivity contribution in [3.05, 3.63) is 33.9 Å². The summed E-state index contributed by atoms with van der Waals surface area (Å²) < 4.78 is 0. The number of benzene rings is 1. The summed E-state index contributed by atoms with van der Waals surface area (Å²) in [5.41, 5.74) is 0.0554. The molecule has 1 fully saturated rings. The second-order valence-corrected chi connectivity index (χ2v) is 4.94. The van der Waals surface area contributed by atoms with Gasteiger partial charge >= 0.3 is 5.97 Å². The lowest BCUT2D eigenvalue weighted by atomic mass is 9.85. The zero-order valence-corrected chi connectivity index (χ0v) is 10.7. The standard InChI is InChI=1S/C13H16N2O4/c1-14(8-9-3-2-4-9)10-5-6-11(13(16)17)12(7-10)15(18)19/h5-7,9H,2-4,8H2,1H3,(H,16,17). The molecule has 1 aromatic rings. The second-order valence-electron chi connectivity index (χ2n) is 4.94. The summed E-state index contributed by atoms with van der Waals surface area (Å²) in [5, 5.41) is 19.8. The van der Waals surface area contributed by atoms with Crippen molar-refractivity contribution in [2.75, 3.05) is 18.5 Å². The predicted octanol–water partition coefficient (Wildman–Crippen LogP) is 2.53. The van der Waals surface area contributed by atoms with Crippen molar-refractivity contribution in [3.8, 4) is 0 Å². The molecular weight excluding hydrogens is 248 g/mol. The Labute approximate surface area is 110 Å². The Hall–Kier alpha value is -2.11. The number of aromatic carboxylic acids is 1. The van der Waals surface area contributed by atoms with Crippen LogP contribution in [0.25, 0.3) is 0 Å². The van der Waals surface area contributed by atoms with Gasteiger partial charge in [-0.05, 0) is 30.9 Å². The van der Waals surface area contributed by atoms with Gasteiger partial charge in [0.1, 0.15) is 5.56 Å². The molecule has 0 unspecified atom stereocenters. The van der Waals surface area contributed by atoms with Gasteiger partial charge in [0.05, 0.1) is 4.92 Å². The molecule has 0 atom stereocenters. The van der Waals surface area contributed by atoms with Crippen LogP contribution in [0.1, 0.15) is 29.6 Å². The third-order valence-electron chi connectivity index (χ3n) is 3.61. The van der Waals surface area contributed by atoms with Crippen LogP contribution in [0.5, 0.6) is 0 Å². The number of nitro benzene ring substituents is 1. The van der Waals surface area contributed by atoms with Crippen LogP contribution in [0.2, 0.25) is 0 Å². The van der Waals surface area contributed by atoms with Gasteiger partial charge in [0.25, 0.3) is 5.69 Å². The maximum Gasteiger partial charge on any atom is 0.342 e. The molecule has 102 valence electrons. The zero-order valence-electron chi connectivity index (χ0n) is 10.7. The van der Waals surface area contributed by atoms with E-state index in [0.717, 1.165) is 6.54 Å². The number of hydrogen-bond donors (Lipinski definition) is 1. The molecule has 1 saturated carbocycles. The Morgan fingerprint density at radius 1 is 1.53 bits per heavy atom. The molecule has 0 aromatic heterocycles. The van der Waals surface area contributed by atoms with Crippen LogP contribution in [-0.2, 0) is 0 Å². The fraction of sp³-hybridized carbons (Fsp3) is 0.462.